The van der Waals surface area contributed by atoms with Crippen LogP contribution in [0.25, 0.3) is 16.7 Å². The molecule has 0 spiro atoms. The molecule has 3 heterocycles. The van der Waals surface area contributed by atoms with E-state index in [1.54, 1.807) is 22.9 Å². The first-order chi connectivity index (χ1) is 13.3. The molecule has 4 rings (SSSR count). The third-order valence-corrected chi connectivity index (χ3v) is 5.03. The fourth-order valence-electron chi connectivity index (χ4n) is 3.62. The van der Waals surface area contributed by atoms with E-state index in [4.69, 9.17) is 0 Å². The molecule has 0 bridgehead atoms. The summed E-state index contributed by atoms with van der Waals surface area (Å²) in [5.41, 5.74) is 1.34. The third kappa shape index (κ3) is 4.17. The van der Waals surface area contributed by atoms with Crippen molar-refractivity contribution in [3.8, 4) is 5.69 Å². The lowest BCUT2D eigenvalue weighted by atomic mass is 10.1. The van der Waals surface area contributed by atoms with Gasteiger partial charge in [-0.25, -0.2) is 4.98 Å². The average molecular weight is 363 g/mol. The molecule has 1 aliphatic rings. The third-order valence-electron chi connectivity index (χ3n) is 5.03. The van der Waals surface area contributed by atoms with Crippen LogP contribution in [0.2, 0.25) is 0 Å². The molecular formula is C21H25N5O. The normalized spacial score (nSPS) is 15.1. The molecule has 27 heavy (non-hydrogen) atoms. The lowest BCUT2D eigenvalue weighted by molar-refractivity contribution is 0.228. The van der Waals surface area contributed by atoms with Gasteiger partial charge in [-0.05, 0) is 57.1 Å². The lowest BCUT2D eigenvalue weighted by Crippen LogP contribution is -2.31. The fraction of sp³-hybridized carbons (Fsp3) is 0.381. The number of aromatic nitrogens is 3. The summed E-state index contributed by atoms with van der Waals surface area (Å²) in [7, 11) is 0. The topological polar surface area (TPSA) is 63.1 Å². The summed E-state index contributed by atoms with van der Waals surface area (Å²) in [6.07, 6.45) is 6.83. The Bertz CT molecular complexity index is 948. The van der Waals surface area contributed by atoms with E-state index in [2.05, 4.69) is 20.2 Å². The second-order valence-corrected chi connectivity index (χ2v) is 7.00. The largest absolute Gasteiger partial charge is 0.354 e. The highest BCUT2D eigenvalue weighted by Gasteiger charge is 2.10. The number of likely N-dealkylation sites (tertiary alicyclic amines) is 1. The van der Waals surface area contributed by atoms with E-state index in [1.165, 1.54) is 32.4 Å². The molecule has 2 aromatic heterocycles. The maximum atomic E-state index is 12.5. The van der Waals surface area contributed by atoms with Crippen LogP contribution < -0.4 is 10.9 Å². The Morgan fingerprint density at radius 1 is 1.00 bits per heavy atom. The molecule has 0 atom stereocenters. The van der Waals surface area contributed by atoms with Crippen molar-refractivity contribution < 1.29 is 0 Å². The summed E-state index contributed by atoms with van der Waals surface area (Å²) in [5.74, 6) is 0.566. The van der Waals surface area contributed by atoms with Crippen molar-refractivity contribution >= 4 is 17.0 Å². The van der Waals surface area contributed by atoms with Gasteiger partial charge in [-0.3, -0.25) is 9.36 Å². The van der Waals surface area contributed by atoms with Crippen LogP contribution in [-0.2, 0) is 0 Å². The van der Waals surface area contributed by atoms with Crippen LogP contribution in [0.1, 0.15) is 25.7 Å². The number of anilines is 1. The number of piperidine rings is 1. The van der Waals surface area contributed by atoms with Crippen molar-refractivity contribution in [1.82, 2.24) is 19.4 Å². The summed E-state index contributed by atoms with van der Waals surface area (Å²) in [6, 6.07) is 12.9. The van der Waals surface area contributed by atoms with E-state index in [0.29, 0.717) is 11.6 Å². The smallest absolute Gasteiger partial charge is 0.256 e. The van der Waals surface area contributed by atoms with Crippen molar-refractivity contribution in [1.29, 1.82) is 0 Å². The van der Waals surface area contributed by atoms with Crippen LogP contribution in [0.5, 0.6) is 0 Å². The van der Waals surface area contributed by atoms with Gasteiger partial charge in [0, 0.05) is 24.2 Å². The van der Waals surface area contributed by atoms with Gasteiger partial charge in [0.2, 0.25) is 5.95 Å². The maximum Gasteiger partial charge on any atom is 0.256 e. The zero-order chi connectivity index (χ0) is 18.5. The Kier molecular flexibility index (Phi) is 5.44. The van der Waals surface area contributed by atoms with E-state index in [9.17, 15) is 4.79 Å². The monoisotopic (exact) mass is 363 g/mol. The molecule has 1 saturated heterocycles. The van der Waals surface area contributed by atoms with E-state index < -0.39 is 0 Å². The van der Waals surface area contributed by atoms with Crippen LogP contribution >= 0.6 is 0 Å². The van der Waals surface area contributed by atoms with Crippen LogP contribution in [0.3, 0.4) is 0 Å². The number of pyridine rings is 1. The maximum absolute atomic E-state index is 12.5. The number of nitrogens with one attached hydrogen (secondary N) is 1. The molecule has 1 aromatic carbocycles. The molecule has 140 valence electrons. The van der Waals surface area contributed by atoms with Gasteiger partial charge >= 0.3 is 0 Å². The summed E-state index contributed by atoms with van der Waals surface area (Å²) in [4.78, 5) is 24.0. The number of rotatable bonds is 6. The molecule has 0 radical (unpaired) electrons. The molecule has 0 saturated carbocycles. The summed E-state index contributed by atoms with van der Waals surface area (Å²) < 4.78 is 1.63. The molecule has 0 unspecified atom stereocenters. The number of benzene rings is 1. The summed E-state index contributed by atoms with van der Waals surface area (Å²) >= 11 is 0. The predicted molar refractivity (Wildman–Crippen MR) is 109 cm³/mol. The number of fused-ring (bicyclic) bond motifs is 1. The average Bonchev–Trinajstić information content (AvgIpc) is 2.72. The van der Waals surface area contributed by atoms with Gasteiger partial charge in [0.25, 0.3) is 5.56 Å². The lowest BCUT2D eigenvalue weighted by Gasteiger charge is -2.26. The number of hydrogen-bond acceptors (Lipinski definition) is 5. The van der Waals surface area contributed by atoms with E-state index in [0.717, 1.165) is 30.6 Å². The molecule has 1 aliphatic heterocycles. The Labute approximate surface area is 158 Å². The standard InChI is InChI=1S/C21H25N5O/c27-19-11-10-17-16-23-21(22-12-7-15-25-13-5-2-6-14-25)24-20(17)26(19)18-8-3-1-4-9-18/h1,3-4,8-11,16H,2,5-7,12-15H2,(H,22,23,24). The molecule has 6 heteroatoms. The first-order valence-corrected chi connectivity index (χ1v) is 9.72. The zero-order valence-electron chi connectivity index (χ0n) is 15.5. The molecule has 1 N–H and O–H groups in total. The van der Waals surface area contributed by atoms with Gasteiger partial charge in [0.05, 0.1) is 5.69 Å². The van der Waals surface area contributed by atoms with E-state index in [1.807, 2.05) is 30.3 Å². The van der Waals surface area contributed by atoms with Gasteiger partial charge in [-0.15, -0.1) is 0 Å². The Balaban J connectivity index is 1.50. The van der Waals surface area contributed by atoms with Crippen molar-refractivity contribution in [2.75, 3.05) is 31.5 Å². The molecular weight excluding hydrogens is 338 g/mol. The minimum absolute atomic E-state index is 0.0940. The Morgan fingerprint density at radius 3 is 2.63 bits per heavy atom. The van der Waals surface area contributed by atoms with Gasteiger partial charge in [-0.1, -0.05) is 24.6 Å². The van der Waals surface area contributed by atoms with E-state index >= 15 is 0 Å². The highest BCUT2D eigenvalue weighted by Crippen LogP contribution is 2.15. The SMILES string of the molecule is O=c1ccc2cnc(NCCCN3CCCCC3)nc2n1-c1ccccc1. The predicted octanol–water partition coefficient (Wildman–Crippen LogP) is 3.07. The van der Waals surface area contributed by atoms with Crippen molar-refractivity contribution in [3.05, 3.63) is 59.0 Å². The van der Waals surface area contributed by atoms with Crippen molar-refractivity contribution in [2.45, 2.75) is 25.7 Å². The van der Waals surface area contributed by atoms with Crippen molar-refractivity contribution in [2.24, 2.45) is 0 Å². The molecule has 1 fully saturated rings. The fourth-order valence-corrected chi connectivity index (χ4v) is 3.62. The highest BCUT2D eigenvalue weighted by molar-refractivity contribution is 5.76. The summed E-state index contributed by atoms with van der Waals surface area (Å²) in [5, 5.41) is 4.15. The summed E-state index contributed by atoms with van der Waals surface area (Å²) in [6.45, 7) is 4.37. The van der Waals surface area contributed by atoms with Crippen LogP contribution in [0.15, 0.2) is 53.5 Å². The minimum atomic E-state index is -0.0940. The van der Waals surface area contributed by atoms with Gasteiger partial charge in [0.1, 0.15) is 0 Å². The minimum Gasteiger partial charge on any atom is -0.354 e. The van der Waals surface area contributed by atoms with Crippen molar-refractivity contribution in [3.63, 3.8) is 0 Å². The molecule has 6 nitrogen and oxygen atoms in total. The number of para-hydroxylation sites is 1. The van der Waals surface area contributed by atoms with Crippen LogP contribution in [0, 0.1) is 0 Å². The second kappa shape index (κ2) is 8.31. The highest BCUT2D eigenvalue weighted by atomic mass is 16.1. The van der Waals surface area contributed by atoms with Crippen LogP contribution in [0.4, 0.5) is 5.95 Å². The molecule has 0 amide bonds. The first kappa shape index (κ1) is 17.7. The van der Waals surface area contributed by atoms with E-state index in [-0.39, 0.29) is 5.56 Å². The quantitative estimate of drug-likeness (QED) is 0.682. The Hall–Kier alpha value is -2.73. The molecule has 3 aromatic rings. The van der Waals surface area contributed by atoms with Gasteiger partial charge in [0.15, 0.2) is 5.65 Å². The Morgan fingerprint density at radius 2 is 1.81 bits per heavy atom. The number of hydrogen-bond donors (Lipinski definition) is 1. The molecule has 0 aliphatic carbocycles. The number of nitrogens with zero attached hydrogens (tertiary/aromatic N) is 4. The van der Waals surface area contributed by atoms with Crippen LogP contribution in [-0.4, -0.2) is 45.6 Å². The second-order valence-electron chi connectivity index (χ2n) is 7.00. The van der Waals surface area contributed by atoms with Gasteiger partial charge in [-0.2, -0.15) is 4.98 Å². The van der Waals surface area contributed by atoms with Gasteiger partial charge < -0.3 is 10.2 Å². The zero-order valence-corrected chi connectivity index (χ0v) is 15.5. The first-order valence-electron chi connectivity index (χ1n) is 9.72.